The Morgan fingerprint density at radius 3 is 2.53 bits per heavy atom. The van der Waals surface area contributed by atoms with Gasteiger partial charge in [0, 0.05) is 11.6 Å². The SMILES string of the molecule is COc1cc2c(cc1C1(C#N)CCC1)OCO2. The Labute approximate surface area is 99.7 Å². The molecule has 4 heteroatoms. The standard InChI is InChI=1S/C13H13NO3/c1-15-10-6-12-11(16-8-17-12)5-9(10)13(7-14)3-2-4-13/h5-6H,2-4,8H2,1H3. The molecular weight excluding hydrogens is 218 g/mol. The minimum absolute atomic E-state index is 0.238. The molecule has 17 heavy (non-hydrogen) atoms. The van der Waals surface area contributed by atoms with Crippen LogP contribution in [0.2, 0.25) is 0 Å². The first-order valence-corrected chi connectivity index (χ1v) is 5.68. The summed E-state index contributed by atoms with van der Waals surface area (Å²) >= 11 is 0. The van der Waals surface area contributed by atoms with Gasteiger partial charge in [-0.1, -0.05) is 0 Å². The molecule has 0 aromatic heterocycles. The number of hydrogen-bond acceptors (Lipinski definition) is 4. The molecule has 1 fully saturated rings. The number of rotatable bonds is 2. The molecule has 1 aromatic carbocycles. The maximum atomic E-state index is 9.38. The van der Waals surface area contributed by atoms with Gasteiger partial charge in [0.15, 0.2) is 11.5 Å². The molecule has 0 radical (unpaired) electrons. The van der Waals surface area contributed by atoms with Gasteiger partial charge in [-0.3, -0.25) is 0 Å². The van der Waals surface area contributed by atoms with Crippen molar-refractivity contribution in [2.24, 2.45) is 0 Å². The highest BCUT2D eigenvalue weighted by Crippen LogP contribution is 2.50. The Kier molecular flexibility index (Phi) is 2.15. The highest BCUT2D eigenvalue weighted by molar-refractivity contribution is 5.56. The van der Waals surface area contributed by atoms with Crippen molar-refractivity contribution in [3.63, 3.8) is 0 Å². The number of hydrogen-bond donors (Lipinski definition) is 0. The van der Waals surface area contributed by atoms with Gasteiger partial charge >= 0.3 is 0 Å². The molecule has 0 saturated heterocycles. The zero-order chi connectivity index (χ0) is 11.9. The average molecular weight is 231 g/mol. The van der Waals surface area contributed by atoms with Crippen molar-refractivity contribution in [3.05, 3.63) is 17.7 Å². The minimum Gasteiger partial charge on any atom is -0.496 e. The molecular formula is C13H13NO3. The maximum absolute atomic E-state index is 9.38. The second-order valence-corrected chi connectivity index (χ2v) is 4.45. The third-order valence-corrected chi connectivity index (χ3v) is 3.63. The van der Waals surface area contributed by atoms with Crippen LogP contribution in [0, 0.1) is 11.3 Å². The summed E-state index contributed by atoms with van der Waals surface area (Å²) < 4.78 is 16.0. The molecule has 0 unspecified atom stereocenters. The van der Waals surface area contributed by atoms with Crippen molar-refractivity contribution in [2.75, 3.05) is 13.9 Å². The summed E-state index contributed by atoms with van der Waals surface area (Å²) in [7, 11) is 1.62. The zero-order valence-electron chi connectivity index (χ0n) is 9.66. The molecule has 1 aliphatic heterocycles. The van der Waals surface area contributed by atoms with Gasteiger partial charge in [0.05, 0.1) is 18.6 Å². The summed E-state index contributed by atoms with van der Waals surface area (Å²) in [4.78, 5) is 0. The van der Waals surface area contributed by atoms with Crippen LogP contribution in [0.15, 0.2) is 12.1 Å². The van der Waals surface area contributed by atoms with E-state index in [2.05, 4.69) is 6.07 Å². The lowest BCUT2D eigenvalue weighted by Crippen LogP contribution is -2.32. The van der Waals surface area contributed by atoms with Crippen LogP contribution in [0.4, 0.5) is 0 Å². The Bertz CT molecular complexity index is 500. The number of benzene rings is 1. The molecule has 1 aromatic rings. The molecule has 2 aliphatic rings. The molecule has 1 heterocycles. The molecule has 3 rings (SSSR count). The van der Waals surface area contributed by atoms with Crippen LogP contribution in [-0.2, 0) is 5.41 Å². The first-order valence-electron chi connectivity index (χ1n) is 5.68. The predicted molar refractivity (Wildman–Crippen MR) is 60.3 cm³/mol. The third kappa shape index (κ3) is 1.35. The monoisotopic (exact) mass is 231 g/mol. The Morgan fingerprint density at radius 2 is 2.00 bits per heavy atom. The van der Waals surface area contributed by atoms with Crippen LogP contribution in [0.5, 0.6) is 17.2 Å². The largest absolute Gasteiger partial charge is 0.496 e. The van der Waals surface area contributed by atoms with Gasteiger partial charge in [-0.15, -0.1) is 0 Å². The molecule has 4 nitrogen and oxygen atoms in total. The van der Waals surface area contributed by atoms with E-state index in [1.807, 2.05) is 12.1 Å². The number of methoxy groups -OCH3 is 1. The van der Waals surface area contributed by atoms with Gasteiger partial charge < -0.3 is 14.2 Å². The van der Waals surface area contributed by atoms with Crippen molar-refractivity contribution in [3.8, 4) is 23.3 Å². The van der Waals surface area contributed by atoms with Gasteiger partial charge in [0.25, 0.3) is 0 Å². The topological polar surface area (TPSA) is 51.5 Å². The molecule has 0 spiro atoms. The smallest absolute Gasteiger partial charge is 0.231 e. The predicted octanol–water partition coefficient (Wildman–Crippen LogP) is 2.37. The van der Waals surface area contributed by atoms with Gasteiger partial charge in [-0.05, 0) is 25.3 Å². The van der Waals surface area contributed by atoms with Gasteiger partial charge in [0.1, 0.15) is 5.75 Å². The summed E-state index contributed by atoms with van der Waals surface area (Å²) in [5.41, 5.74) is 0.532. The van der Waals surface area contributed by atoms with Crippen LogP contribution in [0.1, 0.15) is 24.8 Å². The lowest BCUT2D eigenvalue weighted by Gasteiger charge is -2.36. The lowest BCUT2D eigenvalue weighted by atomic mass is 9.65. The number of nitriles is 1. The molecule has 1 saturated carbocycles. The fourth-order valence-corrected chi connectivity index (χ4v) is 2.44. The Morgan fingerprint density at radius 1 is 1.29 bits per heavy atom. The van der Waals surface area contributed by atoms with Crippen LogP contribution in [0.25, 0.3) is 0 Å². The number of ether oxygens (including phenoxy) is 3. The fourth-order valence-electron chi connectivity index (χ4n) is 2.44. The van der Waals surface area contributed by atoms with E-state index >= 15 is 0 Å². The van der Waals surface area contributed by atoms with Crippen LogP contribution in [-0.4, -0.2) is 13.9 Å². The first-order chi connectivity index (χ1) is 8.29. The summed E-state index contributed by atoms with van der Waals surface area (Å²) in [5, 5.41) is 9.38. The zero-order valence-corrected chi connectivity index (χ0v) is 9.66. The van der Waals surface area contributed by atoms with Crippen LogP contribution >= 0.6 is 0 Å². The fraction of sp³-hybridized carbons (Fsp3) is 0.462. The molecule has 0 amide bonds. The summed E-state index contributed by atoms with van der Waals surface area (Å²) in [6.07, 6.45) is 2.87. The van der Waals surface area contributed by atoms with Gasteiger partial charge in [0.2, 0.25) is 6.79 Å². The van der Waals surface area contributed by atoms with Crippen molar-refractivity contribution in [2.45, 2.75) is 24.7 Å². The van der Waals surface area contributed by atoms with E-state index in [0.29, 0.717) is 11.5 Å². The van der Waals surface area contributed by atoms with Gasteiger partial charge in [-0.25, -0.2) is 0 Å². The molecule has 1 aliphatic carbocycles. The average Bonchev–Trinajstić information content (AvgIpc) is 2.74. The van der Waals surface area contributed by atoms with E-state index in [9.17, 15) is 5.26 Å². The van der Waals surface area contributed by atoms with Crippen molar-refractivity contribution in [1.82, 2.24) is 0 Å². The summed E-state index contributed by atoms with van der Waals surface area (Å²) in [6, 6.07) is 6.13. The summed E-state index contributed by atoms with van der Waals surface area (Å²) in [6.45, 7) is 0.238. The molecule has 0 bridgehead atoms. The van der Waals surface area contributed by atoms with E-state index in [1.165, 1.54) is 0 Å². The second kappa shape index (κ2) is 3.56. The first kappa shape index (κ1) is 10.3. The molecule has 0 N–H and O–H groups in total. The van der Waals surface area contributed by atoms with E-state index in [4.69, 9.17) is 14.2 Å². The molecule has 88 valence electrons. The van der Waals surface area contributed by atoms with E-state index in [1.54, 1.807) is 7.11 Å². The van der Waals surface area contributed by atoms with Crippen LogP contribution in [0.3, 0.4) is 0 Å². The van der Waals surface area contributed by atoms with E-state index in [0.717, 1.165) is 30.6 Å². The Balaban J connectivity index is 2.13. The number of nitrogens with zero attached hydrogens (tertiary/aromatic N) is 1. The normalized spacial score (nSPS) is 19.3. The molecule has 0 atom stereocenters. The lowest BCUT2D eigenvalue weighted by molar-refractivity contribution is 0.173. The van der Waals surface area contributed by atoms with Crippen molar-refractivity contribution >= 4 is 0 Å². The third-order valence-electron chi connectivity index (χ3n) is 3.63. The number of fused-ring (bicyclic) bond motifs is 1. The van der Waals surface area contributed by atoms with E-state index in [-0.39, 0.29) is 6.79 Å². The highest BCUT2D eigenvalue weighted by atomic mass is 16.7. The van der Waals surface area contributed by atoms with Crippen molar-refractivity contribution in [1.29, 1.82) is 5.26 Å². The van der Waals surface area contributed by atoms with Crippen LogP contribution < -0.4 is 14.2 Å². The van der Waals surface area contributed by atoms with Crippen molar-refractivity contribution < 1.29 is 14.2 Å². The highest BCUT2D eigenvalue weighted by Gasteiger charge is 2.42. The van der Waals surface area contributed by atoms with Gasteiger partial charge in [-0.2, -0.15) is 5.26 Å². The quantitative estimate of drug-likeness (QED) is 0.784. The Hall–Kier alpha value is -1.89. The van der Waals surface area contributed by atoms with E-state index < -0.39 is 5.41 Å². The maximum Gasteiger partial charge on any atom is 0.231 e. The minimum atomic E-state index is -0.397. The second-order valence-electron chi connectivity index (χ2n) is 4.45. The summed E-state index contributed by atoms with van der Waals surface area (Å²) in [5.74, 6) is 2.12.